The zero-order chi connectivity index (χ0) is 22.2. The van der Waals surface area contributed by atoms with Crippen molar-refractivity contribution in [1.29, 1.82) is 0 Å². The largest absolute Gasteiger partial charge is 0.478 e. The molecule has 1 saturated heterocycles. The average molecular weight is 423 g/mol. The van der Waals surface area contributed by atoms with Crippen LogP contribution in [0, 0.1) is 0 Å². The number of carboxylic acid groups (broad SMARTS) is 1. The van der Waals surface area contributed by atoms with Gasteiger partial charge in [0.05, 0.1) is 5.56 Å². The molecular weight excluding hydrogens is 400 g/mol. The van der Waals surface area contributed by atoms with Crippen molar-refractivity contribution in [1.82, 2.24) is 4.90 Å². The van der Waals surface area contributed by atoms with Crippen LogP contribution in [0.1, 0.15) is 57.5 Å². The Kier molecular flexibility index (Phi) is 5.48. The smallest absolute Gasteiger partial charge is 0.335 e. The lowest BCUT2D eigenvalue weighted by Crippen LogP contribution is -2.38. The first-order valence-electron chi connectivity index (χ1n) is 10.3. The summed E-state index contributed by atoms with van der Waals surface area (Å²) in [6.07, 6.45) is 1.53. The van der Waals surface area contributed by atoms with E-state index >= 15 is 0 Å². The molecule has 0 saturated carbocycles. The molecule has 4 nitrogen and oxygen atoms in total. The van der Waals surface area contributed by atoms with Crippen molar-refractivity contribution in [3.63, 3.8) is 0 Å². The number of carbonyl (C=O) groups is 2. The number of nitrogens with zero attached hydrogens (tertiary/aromatic N) is 1. The Bertz CT molecular complexity index is 1130. The number of rotatable bonds is 4. The summed E-state index contributed by atoms with van der Waals surface area (Å²) in [5, 5.41) is 9.98. The third kappa shape index (κ3) is 4.15. The molecule has 0 aromatic heterocycles. The van der Waals surface area contributed by atoms with Crippen LogP contribution in [0.3, 0.4) is 0 Å². The summed E-state index contributed by atoms with van der Waals surface area (Å²) in [7, 11) is 0. The molecule has 160 valence electrons. The zero-order valence-corrected chi connectivity index (χ0v) is 17.1. The van der Waals surface area contributed by atoms with Gasteiger partial charge >= 0.3 is 5.97 Å². The molecule has 0 radical (unpaired) electrons. The molecule has 6 heteroatoms. The monoisotopic (exact) mass is 423 g/mol. The molecule has 31 heavy (non-hydrogen) atoms. The highest BCUT2D eigenvalue weighted by Crippen LogP contribution is 2.35. The second-order valence-electron chi connectivity index (χ2n) is 8.09. The van der Waals surface area contributed by atoms with Crippen LogP contribution < -0.4 is 0 Å². The lowest BCUT2D eigenvalue weighted by Gasteiger charge is -2.32. The SMILES string of the molecule is CC(F)(F)c1cccc2c(C(=O)N3CCC(c4ccc(C(=O)O)cc4)CC3)cccc12. The number of fused-ring (bicyclic) bond motifs is 1. The first kappa shape index (κ1) is 21.0. The minimum absolute atomic E-state index is 0.0804. The second-order valence-corrected chi connectivity index (χ2v) is 8.09. The Morgan fingerprint density at radius 3 is 2.16 bits per heavy atom. The Morgan fingerprint density at radius 1 is 0.935 bits per heavy atom. The van der Waals surface area contributed by atoms with Crippen LogP contribution in [0.2, 0.25) is 0 Å². The highest BCUT2D eigenvalue weighted by atomic mass is 19.3. The number of amides is 1. The average Bonchev–Trinajstić information content (AvgIpc) is 2.77. The van der Waals surface area contributed by atoms with E-state index in [0.29, 0.717) is 29.4 Å². The van der Waals surface area contributed by atoms with Gasteiger partial charge in [-0.15, -0.1) is 0 Å². The molecule has 1 fully saturated rings. The topological polar surface area (TPSA) is 57.6 Å². The maximum atomic E-state index is 14.0. The van der Waals surface area contributed by atoms with Crippen LogP contribution in [-0.4, -0.2) is 35.0 Å². The van der Waals surface area contributed by atoms with E-state index in [1.807, 2.05) is 12.1 Å². The quantitative estimate of drug-likeness (QED) is 0.588. The molecule has 0 atom stereocenters. The number of hydrogen-bond acceptors (Lipinski definition) is 2. The van der Waals surface area contributed by atoms with Crippen molar-refractivity contribution in [3.05, 3.63) is 82.9 Å². The van der Waals surface area contributed by atoms with Gasteiger partial charge in [-0.1, -0.05) is 42.5 Å². The van der Waals surface area contributed by atoms with Crippen molar-refractivity contribution in [2.24, 2.45) is 0 Å². The lowest BCUT2D eigenvalue weighted by molar-refractivity contribution is 0.0190. The summed E-state index contributed by atoms with van der Waals surface area (Å²) in [5.41, 5.74) is 1.68. The van der Waals surface area contributed by atoms with E-state index in [4.69, 9.17) is 5.11 Å². The number of likely N-dealkylation sites (tertiary alicyclic amines) is 1. The highest BCUT2D eigenvalue weighted by molar-refractivity contribution is 6.07. The number of hydrogen-bond donors (Lipinski definition) is 1. The van der Waals surface area contributed by atoms with Crippen LogP contribution in [-0.2, 0) is 5.92 Å². The van der Waals surface area contributed by atoms with Gasteiger partial charge in [-0.05, 0) is 53.3 Å². The van der Waals surface area contributed by atoms with Gasteiger partial charge in [0.2, 0.25) is 0 Å². The third-order valence-electron chi connectivity index (χ3n) is 6.04. The Balaban J connectivity index is 1.53. The number of halogens is 2. The number of alkyl halides is 2. The maximum absolute atomic E-state index is 14.0. The van der Waals surface area contributed by atoms with Crippen molar-refractivity contribution in [3.8, 4) is 0 Å². The lowest BCUT2D eigenvalue weighted by atomic mass is 9.88. The Labute approximate surface area is 179 Å². The van der Waals surface area contributed by atoms with Crippen molar-refractivity contribution in [2.45, 2.75) is 31.6 Å². The van der Waals surface area contributed by atoms with E-state index < -0.39 is 11.9 Å². The maximum Gasteiger partial charge on any atom is 0.335 e. The third-order valence-corrected chi connectivity index (χ3v) is 6.04. The van der Waals surface area contributed by atoms with Crippen molar-refractivity contribution >= 4 is 22.6 Å². The van der Waals surface area contributed by atoms with E-state index in [2.05, 4.69) is 0 Å². The van der Waals surface area contributed by atoms with Crippen molar-refractivity contribution in [2.75, 3.05) is 13.1 Å². The Morgan fingerprint density at radius 2 is 1.55 bits per heavy atom. The minimum atomic E-state index is -2.99. The molecule has 4 rings (SSSR count). The van der Waals surface area contributed by atoms with Gasteiger partial charge in [0.15, 0.2) is 0 Å². The first-order valence-corrected chi connectivity index (χ1v) is 10.3. The van der Waals surface area contributed by atoms with Crippen LogP contribution in [0.4, 0.5) is 8.78 Å². The van der Waals surface area contributed by atoms with Gasteiger partial charge in [0.25, 0.3) is 11.8 Å². The minimum Gasteiger partial charge on any atom is -0.478 e. The van der Waals surface area contributed by atoms with Gasteiger partial charge in [0, 0.05) is 31.1 Å². The van der Waals surface area contributed by atoms with Crippen LogP contribution in [0.5, 0.6) is 0 Å². The fourth-order valence-electron chi connectivity index (χ4n) is 4.36. The van der Waals surface area contributed by atoms with Gasteiger partial charge in [0.1, 0.15) is 0 Å². The van der Waals surface area contributed by atoms with Crippen LogP contribution >= 0.6 is 0 Å². The molecule has 1 aliphatic rings. The van der Waals surface area contributed by atoms with Gasteiger partial charge in [-0.2, -0.15) is 0 Å². The van der Waals surface area contributed by atoms with Crippen molar-refractivity contribution < 1.29 is 23.5 Å². The summed E-state index contributed by atoms with van der Waals surface area (Å²) in [4.78, 5) is 26.0. The molecule has 1 heterocycles. The summed E-state index contributed by atoms with van der Waals surface area (Å²) in [5.74, 6) is -3.84. The van der Waals surface area contributed by atoms with Gasteiger partial charge in [-0.25, -0.2) is 13.6 Å². The summed E-state index contributed by atoms with van der Waals surface area (Å²) >= 11 is 0. The normalized spacial score (nSPS) is 15.3. The number of aromatic carboxylic acids is 1. The predicted octanol–water partition coefficient (Wildman–Crippen LogP) is 5.67. The number of carbonyl (C=O) groups excluding carboxylic acids is 1. The van der Waals surface area contributed by atoms with E-state index in [9.17, 15) is 18.4 Å². The standard InChI is InChI=1S/C25H23F2NO3/c1-25(26,27)22-7-3-4-19-20(22)5-2-6-21(19)23(29)28-14-12-17(13-15-28)16-8-10-18(11-9-16)24(30)31/h2-11,17H,12-15H2,1H3,(H,30,31). The van der Waals surface area contributed by atoms with Crippen LogP contribution in [0.15, 0.2) is 60.7 Å². The molecule has 0 unspecified atom stereocenters. The fourth-order valence-corrected chi connectivity index (χ4v) is 4.36. The van der Waals surface area contributed by atoms with Gasteiger partial charge < -0.3 is 10.0 Å². The molecule has 0 spiro atoms. The molecule has 1 N–H and O–H groups in total. The van der Waals surface area contributed by atoms with E-state index in [0.717, 1.165) is 25.3 Å². The molecule has 3 aromatic rings. The second kappa shape index (κ2) is 8.10. The van der Waals surface area contributed by atoms with Crippen LogP contribution in [0.25, 0.3) is 10.8 Å². The fraction of sp³-hybridized carbons (Fsp3) is 0.280. The molecule has 3 aromatic carbocycles. The summed E-state index contributed by atoms with van der Waals surface area (Å²) < 4.78 is 28.0. The molecule has 1 amide bonds. The molecule has 1 aliphatic heterocycles. The molecule has 0 aliphatic carbocycles. The van der Waals surface area contributed by atoms with Gasteiger partial charge in [-0.3, -0.25) is 4.79 Å². The molecular formula is C25H23F2NO3. The first-order chi connectivity index (χ1) is 14.8. The Hall–Kier alpha value is -3.28. The number of piperidine rings is 1. The predicted molar refractivity (Wildman–Crippen MR) is 115 cm³/mol. The summed E-state index contributed by atoms with van der Waals surface area (Å²) in [6.45, 7) is 1.98. The van der Waals surface area contributed by atoms with E-state index in [1.54, 1.807) is 47.4 Å². The number of carboxylic acids is 1. The number of benzene rings is 3. The summed E-state index contributed by atoms with van der Waals surface area (Å²) in [6, 6.07) is 16.5. The van der Waals surface area contributed by atoms with E-state index in [-0.39, 0.29) is 23.0 Å². The zero-order valence-electron chi connectivity index (χ0n) is 17.1. The van der Waals surface area contributed by atoms with E-state index in [1.165, 1.54) is 6.07 Å². The highest BCUT2D eigenvalue weighted by Gasteiger charge is 2.29. The molecule has 0 bridgehead atoms.